The highest BCUT2D eigenvalue weighted by molar-refractivity contribution is 5.70. The number of hydrogen-bond donors (Lipinski definition) is 0. The molecule has 0 aliphatic heterocycles. The molecule has 2 aromatic carbocycles. The molecule has 27 heavy (non-hydrogen) atoms. The quantitative estimate of drug-likeness (QED) is 0.395. The summed E-state index contributed by atoms with van der Waals surface area (Å²) in [4.78, 5) is 4.90. The fourth-order valence-electron chi connectivity index (χ4n) is 2.27. The van der Waals surface area contributed by atoms with Crippen LogP contribution in [-0.4, -0.2) is 19.4 Å². The van der Waals surface area contributed by atoms with E-state index in [9.17, 15) is 4.39 Å². The molecule has 0 aliphatic carbocycles. The van der Waals surface area contributed by atoms with Gasteiger partial charge in [-0.2, -0.15) is 0 Å². The zero-order valence-corrected chi connectivity index (χ0v) is 16.0. The second-order valence-corrected chi connectivity index (χ2v) is 6.69. The van der Waals surface area contributed by atoms with Crippen LogP contribution in [0.25, 0.3) is 0 Å². The molecule has 0 saturated heterocycles. The van der Waals surface area contributed by atoms with Gasteiger partial charge in [-0.15, -0.1) is 0 Å². The second-order valence-electron chi connectivity index (χ2n) is 6.69. The van der Waals surface area contributed by atoms with Crippen LogP contribution in [0.1, 0.15) is 26.3 Å². The molecule has 0 fully saturated rings. The molecule has 0 saturated carbocycles. The van der Waals surface area contributed by atoms with Crippen molar-refractivity contribution in [3.05, 3.63) is 72.1 Å². The average molecular weight is 371 g/mol. The molecule has 0 aliphatic rings. The fourth-order valence-corrected chi connectivity index (χ4v) is 2.27. The number of benzene rings is 2. The lowest BCUT2D eigenvalue weighted by atomic mass is 9.94. The minimum Gasteiger partial charge on any atom is -0.454 e. The maximum absolute atomic E-state index is 14.0. The highest BCUT2D eigenvalue weighted by Crippen LogP contribution is 2.26. The third-order valence-electron chi connectivity index (χ3n) is 3.61. The number of rotatable bonds is 10. The van der Waals surface area contributed by atoms with Crippen molar-refractivity contribution in [1.82, 2.24) is 0 Å². The van der Waals surface area contributed by atoms with Gasteiger partial charge in [0.15, 0.2) is 11.6 Å². The van der Waals surface area contributed by atoms with Gasteiger partial charge < -0.3 is 14.3 Å². The van der Waals surface area contributed by atoms with E-state index in [1.165, 1.54) is 6.07 Å². The van der Waals surface area contributed by atoms with Crippen LogP contribution in [0.15, 0.2) is 65.8 Å². The van der Waals surface area contributed by atoms with Gasteiger partial charge in [-0.1, -0.05) is 49.3 Å². The lowest BCUT2D eigenvalue weighted by molar-refractivity contribution is 0.0716. The van der Waals surface area contributed by atoms with Gasteiger partial charge in [0, 0.05) is 5.41 Å². The Balaban J connectivity index is 1.89. The van der Waals surface area contributed by atoms with Crippen molar-refractivity contribution in [2.45, 2.75) is 27.4 Å². The zero-order chi connectivity index (χ0) is 19.5. The Kier molecular flexibility index (Phi) is 8.01. The van der Waals surface area contributed by atoms with E-state index < -0.39 is 5.82 Å². The number of ether oxygens (including phenoxy) is 2. The van der Waals surface area contributed by atoms with E-state index in [0.717, 1.165) is 5.56 Å². The molecule has 0 bridgehead atoms. The molecule has 0 heterocycles. The van der Waals surface area contributed by atoms with Crippen molar-refractivity contribution in [1.29, 1.82) is 0 Å². The number of hydrogen-bond acceptors (Lipinski definition) is 4. The third kappa shape index (κ3) is 7.62. The average Bonchev–Trinajstić information content (AvgIpc) is 2.65. The number of nitrogens with zero attached hydrogens (tertiary/aromatic N) is 1. The summed E-state index contributed by atoms with van der Waals surface area (Å²) >= 11 is 0. The van der Waals surface area contributed by atoms with Gasteiger partial charge >= 0.3 is 0 Å². The van der Waals surface area contributed by atoms with E-state index >= 15 is 0 Å². The van der Waals surface area contributed by atoms with E-state index in [0.29, 0.717) is 25.6 Å². The summed E-state index contributed by atoms with van der Waals surface area (Å²) in [6.07, 6.45) is 5.45. The fraction of sp³-hybridized carbons (Fsp3) is 0.318. The highest BCUT2D eigenvalue weighted by atomic mass is 19.1. The van der Waals surface area contributed by atoms with Crippen LogP contribution in [0.4, 0.5) is 4.39 Å². The predicted octanol–water partition coefficient (Wildman–Crippen LogP) is 5.74. The third-order valence-corrected chi connectivity index (χ3v) is 3.61. The van der Waals surface area contributed by atoms with Crippen LogP contribution in [0.2, 0.25) is 0 Å². The number of para-hydroxylation sites is 1. The maximum Gasteiger partial charge on any atom is 0.165 e. The summed E-state index contributed by atoms with van der Waals surface area (Å²) in [5, 5.41) is 3.77. The zero-order valence-electron chi connectivity index (χ0n) is 16.0. The highest BCUT2D eigenvalue weighted by Gasteiger charge is 2.14. The van der Waals surface area contributed by atoms with Crippen LogP contribution >= 0.6 is 0 Å². The topological polar surface area (TPSA) is 40.0 Å². The summed E-state index contributed by atoms with van der Waals surface area (Å²) in [7, 11) is 0. The Bertz CT molecular complexity index is 757. The maximum atomic E-state index is 14.0. The molecule has 0 N–H and O–H groups in total. The summed E-state index contributed by atoms with van der Waals surface area (Å²) in [5.74, 6) is 0.377. The molecule has 0 radical (unpaired) electrons. The molecule has 4 nitrogen and oxygen atoms in total. The molecule has 2 rings (SSSR count). The molecule has 2 aromatic rings. The molecule has 144 valence electrons. The van der Waals surface area contributed by atoms with Crippen molar-refractivity contribution >= 4 is 6.21 Å². The Morgan fingerprint density at radius 1 is 1.11 bits per heavy atom. The van der Waals surface area contributed by atoms with Gasteiger partial charge in [-0.3, -0.25) is 0 Å². The Morgan fingerprint density at radius 3 is 2.63 bits per heavy atom. The van der Waals surface area contributed by atoms with Gasteiger partial charge in [-0.25, -0.2) is 4.39 Å². The van der Waals surface area contributed by atoms with Gasteiger partial charge in [0.1, 0.15) is 12.4 Å². The second kappa shape index (κ2) is 10.5. The molecule has 0 unspecified atom stereocenters. The van der Waals surface area contributed by atoms with Crippen molar-refractivity contribution in [3.8, 4) is 11.5 Å². The van der Waals surface area contributed by atoms with Gasteiger partial charge in [-0.05, 0) is 42.8 Å². The molecular formula is C22H26FNO3. The van der Waals surface area contributed by atoms with E-state index in [-0.39, 0.29) is 11.2 Å². The molecule has 0 aromatic heterocycles. The summed E-state index contributed by atoms with van der Waals surface area (Å²) in [6, 6.07) is 13.9. The predicted molar refractivity (Wildman–Crippen MR) is 106 cm³/mol. The Labute approximate surface area is 160 Å². The SMILES string of the molecule is CCON=CC=CC(C)(C)COCc1ccc(F)c(Oc2ccccc2)c1. The molecule has 0 spiro atoms. The smallest absolute Gasteiger partial charge is 0.165 e. The summed E-state index contributed by atoms with van der Waals surface area (Å²) in [5.41, 5.74) is 0.682. The van der Waals surface area contributed by atoms with Crippen molar-refractivity contribution < 1.29 is 18.7 Å². The van der Waals surface area contributed by atoms with Crippen LogP contribution in [-0.2, 0) is 16.2 Å². The molecule has 5 heteroatoms. The molecule has 0 amide bonds. The molecule has 0 atom stereocenters. The van der Waals surface area contributed by atoms with E-state index in [2.05, 4.69) is 19.0 Å². The summed E-state index contributed by atoms with van der Waals surface area (Å²) < 4.78 is 25.4. The first-order valence-electron chi connectivity index (χ1n) is 8.92. The first-order valence-corrected chi connectivity index (χ1v) is 8.92. The van der Waals surface area contributed by atoms with Crippen molar-refractivity contribution in [2.75, 3.05) is 13.2 Å². The van der Waals surface area contributed by atoms with Crippen LogP contribution < -0.4 is 4.74 Å². The summed E-state index contributed by atoms with van der Waals surface area (Å²) in [6.45, 7) is 7.43. The number of oxime groups is 1. The number of halogens is 1. The van der Waals surface area contributed by atoms with Gasteiger partial charge in [0.05, 0.1) is 19.4 Å². The normalized spacial score (nSPS) is 12.0. The monoisotopic (exact) mass is 371 g/mol. The van der Waals surface area contributed by atoms with Crippen LogP contribution in [0, 0.1) is 11.2 Å². The lowest BCUT2D eigenvalue weighted by Crippen LogP contribution is -2.16. The lowest BCUT2D eigenvalue weighted by Gasteiger charge is -2.20. The minimum atomic E-state index is -0.403. The standard InChI is InChI=1S/C22H26FNO3/c1-4-26-24-14-8-13-22(2,3)17-25-16-18-11-12-20(23)21(15-18)27-19-9-6-5-7-10-19/h5-15H,4,16-17H2,1-3H3. The van der Waals surface area contributed by atoms with Gasteiger partial charge in [0.25, 0.3) is 0 Å². The van der Waals surface area contributed by atoms with E-state index in [1.807, 2.05) is 37.3 Å². The first-order chi connectivity index (χ1) is 13.0. The van der Waals surface area contributed by atoms with Crippen LogP contribution in [0.5, 0.6) is 11.5 Å². The first kappa shape index (κ1) is 20.6. The number of allylic oxidation sites excluding steroid dienone is 1. The Hall–Kier alpha value is -2.66. The minimum absolute atomic E-state index is 0.165. The van der Waals surface area contributed by atoms with E-state index in [4.69, 9.17) is 14.3 Å². The van der Waals surface area contributed by atoms with Crippen molar-refractivity contribution in [2.24, 2.45) is 10.6 Å². The molecular weight excluding hydrogens is 345 g/mol. The Morgan fingerprint density at radius 2 is 1.89 bits per heavy atom. The van der Waals surface area contributed by atoms with E-state index in [1.54, 1.807) is 30.5 Å². The van der Waals surface area contributed by atoms with Gasteiger partial charge in [0.2, 0.25) is 0 Å². The largest absolute Gasteiger partial charge is 0.454 e. The van der Waals surface area contributed by atoms with Crippen LogP contribution in [0.3, 0.4) is 0 Å². The van der Waals surface area contributed by atoms with Crippen molar-refractivity contribution in [3.63, 3.8) is 0 Å².